The highest BCUT2D eigenvalue weighted by molar-refractivity contribution is 7.16. The van der Waals surface area contributed by atoms with E-state index in [9.17, 15) is 4.79 Å². The molecule has 4 heterocycles. The van der Waals surface area contributed by atoms with Crippen molar-refractivity contribution in [1.82, 2.24) is 9.47 Å². The maximum absolute atomic E-state index is 12.8. The van der Waals surface area contributed by atoms with Gasteiger partial charge in [-0.25, -0.2) is 0 Å². The summed E-state index contributed by atoms with van der Waals surface area (Å²) in [5, 5.41) is 3.29. The summed E-state index contributed by atoms with van der Waals surface area (Å²) in [6, 6.07) is 4.17. The van der Waals surface area contributed by atoms with E-state index in [2.05, 4.69) is 22.1 Å². The lowest BCUT2D eigenvalue weighted by molar-refractivity contribution is 0.00631. The lowest BCUT2D eigenvalue weighted by atomic mass is 10.1. The Kier molecular flexibility index (Phi) is 3.92. The Morgan fingerprint density at radius 3 is 2.91 bits per heavy atom. The first-order valence-electron chi connectivity index (χ1n) is 8.30. The van der Waals surface area contributed by atoms with Gasteiger partial charge in [-0.05, 0) is 49.6 Å². The first-order valence-corrected chi connectivity index (χ1v) is 9.18. The Balaban J connectivity index is 1.65. The van der Waals surface area contributed by atoms with Crippen molar-refractivity contribution in [2.45, 2.75) is 44.8 Å². The molecule has 0 saturated carbocycles. The minimum absolute atomic E-state index is 0.191. The predicted octanol–water partition coefficient (Wildman–Crippen LogP) is 3.51. The van der Waals surface area contributed by atoms with Gasteiger partial charge in [0.2, 0.25) is 0 Å². The Labute approximate surface area is 134 Å². The summed E-state index contributed by atoms with van der Waals surface area (Å²) in [5.74, 6) is 0.191. The lowest BCUT2D eigenvalue weighted by Crippen LogP contribution is -2.31. The molecule has 2 aromatic rings. The first-order chi connectivity index (χ1) is 10.8. The quantitative estimate of drug-likeness (QED) is 0.868. The van der Waals surface area contributed by atoms with E-state index in [4.69, 9.17) is 4.74 Å². The molecule has 5 heteroatoms. The third-order valence-corrected chi connectivity index (χ3v) is 5.73. The van der Waals surface area contributed by atoms with Crippen LogP contribution in [0.3, 0.4) is 0 Å². The highest BCUT2D eigenvalue weighted by Gasteiger charge is 2.26. The molecular weight excluding hydrogens is 296 g/mol. The van der Waals surface area contributed by atoms with Gasteiger partial charge in [0.1, 0.15) is 10.5 Å². The number of ether oxygens (including phenoxy) is 1. The molecule has 0 spiro atoms. The van der Waals surface area contributed by atoms with E-state index in [0.717, 1.165) is 57.6 Å². The Hall–Kier alpha value is -1.33. The van der Waals surface area contributed by atoms with Gasteiger partial charge in [0.25, 0.3) is 5.91 Å². The van der Waals surface area contributed by atoms with Crippen LogP contribution in [0.5, 0.6) is 0 Å². The number of carbonyl (C=O) groups excluding carboxylic acids is 1. The zero-order chi connectivity index (χ0) is 14.9. The summed E-state index contributed by atoms with van der Waals surface area (Å²) < 4.78 is 8.10. The molecule has 2 aliphatic rings. The van der Waals surface area contributed by atoms with Gasteiger partial charge in [-0.3, -0.25) is 4.79 Å². The third kappa shape index (κ3) is 2.57. The first kappa shape index (κ1) is 14.3. The molecule has 0 bridgehead atoms. The van der Waals surface area contributed by atoms with Gasteiger partial charge in [0.15, 0.2) is 0 Å². The number of hydrogen-bond acceptors (Lipinski definition) is 3. The van der Waals surface area contributed by atoms with Crippen LogP contribution in [0.2, 0.25) is 0 Å². The van der Waals surface area contributed by atoms with Crippen LogP contribution in [0.15, 0.2) is 17.5 Å². The number of hydrogen-bond donors (Lipinski definition) is 0. The average Bonchev–Trinajstić information content (AvgIpc) is 3.26. The van der Waals surface area contributed by atoms with E-state index < -0.39 is 0 Å². The topological polar surface area (TPSA) is 34.5 Å². The fourth-order valence-corrected chi connectivity index (χ4v) is 4.48. The van der Waals surface area contributed by atoms with Crippen LogP contribution in [0.25, 0.3) is 10.2 Å². The van der Waals surface area contributed by atoms with Crippen LogP contribution in [0.1, 0.15) is 42.6 Å². The van der Waals surface area contributed by atoms with Crippen molar-refractivity contribution in [3.63, 3.8) is 0 Å². The van der Waals surface area contributed by atoms with Gasteiger partial charge < -0.3 is 14.2 Å². The summed E-state index contributed by atoms with van der Waals surface area (Å²) in [7, 11) is 0. The van der Waals surface area contributed by atoms with E-state index in [1.807, 2.05) is 4.90 Å². The smallest absolute Gasteiger partial charge is 0.270 e. The maximum atomic E-state index is 12.8. The van der Waals surface area contributed by atoms with E-state index in [-0.39, 0.29) is 12.0 Å². The number of fused-ring (bicyclic) bond motifs is 1. The summed E-state index contributed by atoms with van der Waals surface area (Å²) in [6.07, 6.45) is 6.00. The van der Waals surface area contributed by atoms with Crippen molar-refractivity contribution < 1.29 is 9.53 Å². The van der Waals surface area contributed by atoms with E-state index in [1.165, 1.54) is 16.6 Å². The molecule has 2 aliphatic heterocycles. The van der Waals surface area contributed by atoms with Gasteiger partial charge in [-0.15, -0.1) is 11.3 Å². The average molecular weight is 318 g/mol. The predicted molar refractivity (Wildman–Crippen MR) is 88.5 cm³/mol. The van der Waals surface area contributed by atoms with Crippen LogP contribution in [0.4, 0.5) is 0 Å². The number of nitrogens with zero attached hydrogens (tertiary/aromatic N) is 2. The number of carbonyl (C=O) groups is 1. The fraction of sp³-hybridized carbons (Fsp3) is 0.588. The fourth-order valence-electron chi connectivity index (χ4n) is 3.57. The van der Waals surface area contributed by atoms with E-state index in [1.54, 1.807) is 11.3 Å². The molecule has 0 radical (unpaired) electrons. The number of thiophene rings is 1. The molecule has 22 heavy (non-hydrogen) atoms. The van der Waals surface area contributed by atoms with Crippen LogP contribution in [0, 0.1) is 0 Å². The summed E-state index contributed by atoms with van der Waals surface area (Å²) >= 11 is 1.72. The molecule has 1 amide bonds. The molecule has 2 aromatic heterocycles. The van der Waals surface area contributed by atoms with Crippen molar-refractivity contribution in [2.24, 2.45) is 0 Å². The van der Waals surface area contributed by atoms with Gasteiger partial charge in [-0.2, -0.15) is 0 Å². The minimum Gasteiger partial charge on any atom is -0.376 e. The zero-order valence-electron chi connectivity index (χ0n) is 12.8. The van der Waals surface area contributed by atoms with Crippen molar-refractivity contribution in [2.75, 3.05) is 19.7 Å². The highest BCUT2D eigenvalue weighted by atomic mass is 32.1. The Bertz CT molecular complexity index is 663. The van der Waals surface area contributed by atoms with Crippen molar-refractivity contribution in [3.05, 3.63) is 23.2 Å². The SMILES string of the molecule is O=C(c1cc2ccsc2n1CC1CCCCO1)N1CCCC1. The molecule has 0 N–H and O–H groups in total. The molecule has 4 rings (SSSR count). The molecule has 0 aliphatic carbocycles. The molecule has 2 fully saturated rings. The Morgan fingerprint density at radius 1 is 1.27 bits per heavy atom. The second kappa shape index (κ2) is 6.05. The van der Waals surface area contributed by atoms with E-state index in [0.29, 0.717) is 0 Å². The molecule has 1 atom stereocenters. The molecule has 2 saturated heterocycles. The van der Waals surface area contributed by atoms with Crippen molar-refractivity contribution in [1.29, 1.82) is 0 Å². The molecule has 4 nitrogen and oxygen atoms in total. The van der Waals surface area contributed by atoms with Gasteiger partial charge in [-0.1, -0.05) is 0 Å². The second-order valence-corrected chi connectivity index (χ2v) is 7.20. The van der Waals surface area contributed by atoms with Crippen LogP contribution >= 0.6 is 11.3 Å². The van der Waals surface area contributed by atoms with E-state index >= 15 is 0 Å². The molecular formula is C17H22N2O2S. The largest absolute Gasteiger partial charge is 0.376 e. The lowest BCUT2D eigenvalue weighted by Gasteiger charge is -2.25. The maximum Gasteiger partial charge on any atom is 0.270 e. The minimum atomic E-state index is 0.191. The number of aromatic nitrogens is 1. The van der Waals surface area contributed by atoms with Crippen molar-refractivity contribution in [3.8, 4) is 0 Å². The zero-order valence-corrected chi connectivity index (χ0v) is 13.6. The van der Waals surface area contributed by atoms with Crippen molar-refractivity contribution >= 4 is 27.5 Å². The molecule has 118 valence electrons. The number of amides is 1. The van der Waals surface area contributed by atoms with Gasteiger partial charge in [0, 0.05) is 25.1 Å². The van der Waals surface area contributed by atoms with Gasteiger partial charge in [0.05, 0.1) is 12.6 Å². The summed E-state index contributed by atoms with van der Waals surface area (Å²) in [5.41, 5.74) is 0.845. The van der Waals surface area contributed by atoms with Crippen LogP contribution in [-0.4, -0.2) is 41.2 Å². The summed E-state index contributed by atoms with van der Waals surface area (Å²) in [6.45, 7) is 3.46. The van der Waals surface area contributed by atoms with Gasteiger partial charge >= 0.3 is 0 Å². The van der Waals surface area contributed by atoms with Crippen LogP contribution in [-0.2, 0) is 11.3 Å². The normalized spacial score (nSPS) is 22.5. The van der Waals surface area contributed by atoms with Crippen LogP contribution < -0.4 is 0 Å². The monoisotopic (exact) mass is 318 g/mol. The second-order valence-electron chi connectivity index (χ2n) is 6.31. The molecule has 0 aromatic carbocycles. The number of likely N-dealkylation sites (tertiary alicyclic amines) is 1. The highest BCUT2D eigenvalue weighted by Crippen LogP contribution is 2.28. The third-order valence-electron chi connectivity index (χ3n) is 4.77. The standard InChI is InChI=1S/C17H22N2O2S/c20-16(18-7-2-3-8-18)15-11-13-6-10-22-17(13)19(15)12-14-5-1-4-9-21-14/h6,10-11,14H,1-5,7-9,12H2. The molecule has 1 unspecified atom stereocenters. The summed E-state index contributed by atoms with van der Waals surface area (Å²) in [4.78, 5) is 16.0. The Morgan fingerprint density at radius 2 is 2.14 bits per heavy atom. The number of rotatable bonds is 3.